The molecule has 0 fully saturated rings. The smallest absolute Gasteiger partial charge is 0.309 e. The van der Waals surface area contributed by atoms with Crippen molar-refractivity contribution >= 4 is 17.3 Å². The van der Waals surface area contributed by atoms with Gasteiger partial charge >= 0.3 is 5.97 Å². The maximum Gasteiger partial charge on any atom is 0.309 e. The Bertz CT molecular complexity index is 845. The molecule has 0 amide bonds. The Morgan fingerprint density at radius 1 is 1.17 bits per heavy atom. The van der Waals surface area contributed by atoms with E-state index >= 15 is 0 Å². The Morgan fingerprint density at radius 3 is 2.62 bits per heavy atom. The average Bonchev–Trinajstić information content (AvgIpc) is 3.02. The summed E-state index contributed by atoms with van der Waals surface area (Å²) in [6, 6.07) is 13.8. The van der Waals surface area contributed by atoms with E-state index in [-0.39, 0.29) is 18.8 Å². The zero-order valence-electron chi connectivity index (χ0n) is 12.6. The van der Waals surface area contributed by atoms with Crippen molar-refractivity contribution in [1.29, 1.82) is 0 Å². The zero-order chi connectivity index (χ0) is 16.9. The fourth-order valence-electron chi connectivity index (χ4n) is 2.15. The lowest BCUT2D eigenvalue weighted by molar-refractivity contribution is -0.136. The highest BCUT2D eigenvalue weighted by atomic mass is 32.1. The van der Waals surface area contributed by atoms with Crippen LogP contribution in [0, 0.1) is 5.82 Å². The molecule has 0 saturated heterocycles. The Labute approximate surface area is 142 Å². The lowest BCUT2D eigenvalue weighted by Crippen LogP contribution is -1.99. The summed E-state index contributed by atoms with van der Waals surface area (Å²) >= 11 is 1.40. The number of carbonyl (C=O) groups is 1. The number of thiazole rings is 1. The molecule has 0 spiro atoms. The number of aromatic nitrogens is 1. The molecule has 4 nitrogen and oxygen atoms in total. The van der Waals surface area contributed by atoms with Crippen molar-refractivity contribution in [1.82, 2.24) is 4.98 Å². The van der Waals surface area contributed by atoms with E-state index in [2.05, 4.69) is 4.98 Å². The molecule has 0 aliphatic heterocycles. The second kappa shape index (κ2) is 7.23. The highest BCUT2D eigenvalue weighted by molar-refractivity contribution is 7.13. The number of hydrogen-bond acceptors (Lipinski definition) is 4. The zero-order valence-corrected chi connectivity index (χ0v) is 13.4. The maximum absolute atomic E-state index is 13.5. The lowest BCUT2D eigenvalue weighted by atomic mass is 10.2. The second-order valence-electron chi connectivity index (χ2n) is 5.12. The summed E-state index contributed by atoms with van der Waals surface area (Å²) in [5.41, 5.74) is 1.93. The van der Waals surface area contributed by atoms with Gasteiger partial charge in [0.2, 0.25) is 0 Å². The first-order chi connectivity index (χ1) is 11.6. The van der Waals surface area contributed by atoms with Crippen LogP contribution < -0.4 is 4.74 Å². The van der Waals surface area contributed by atoms with Crippen LogP contribution in [0.15, 0.2) is 53.9 Å². The van der Waals surface area contributed by atoms with Crippen LogP contribution in [0.1, 0.15) is 11.3 Å². The predicted molar refractivity (Wildman–Crippen MR) is 89.6 cm³/mol. The van der Waals surface area contributed by atoms with Gasteiger partial charge in [0.1, 0.15) is 23.2 Å². The van der Waals surface area contributed by atoms with Gasteiger partial charge in [-0.05, 0) is 30.3 Å². The predicted octanol–water partition coefficient (Wildman–Crippen LogP) is 4.16. The molecule has 1 heterocycles. The van der Waals surface area contributed by atoms with Crippen LogP contribution >= 0.6 is 11.3 Å². The summed E-state index contributed by atoms with van der Waals surface area (Å²) in [4.78, 5) is 15.0. The molecule has 0 aliphatic carbocycles. The van der Waals surface area contributed by atoms with Gasteiger partial charge in [-0.3, -0.25) is 4.79 Å². The summed E-state index contributed by atoms with van der Waals surface area (Å²) in [6.07, 6.45) is -0.0830. The molecule has 6 heteroatoms. The molecule has 0 unspecified atom stereocenters. The van der Waals surface area contributed by atoms with Crippen molar-refractivity contribution in [3.63, 3.8) is 0 Å². The molecule has 0 radical (unpaired) electrons. The highest BCUT2D eigenvalue weighted by Crippen LogP contribution is 2.26. The minimum Gasteiger partial charge on any atom is -0.489 e. The third kappa shape index (κ3) is 3.97. The molecular formula is C18H14FNO3S. The molecule has 0 aliphatic rings. The van der Waals surface area contributed by atoms with E-state index in [0.717, 1.165) is 10.6 Å². The minimum atomic E-state index is -0.899. The first kappa shape index (κ1) is 16.1. The summed E-state index contributed by atoms with van der Waals surface area (Å²) in [7, 11) is 0. The fraction of sp³-hybridized carbons (Fsp3) is 0.111. The third-order valence-corrected chi connectivity index (χ3v) is 4.28. The van der Waals surface area contributed by atoms with Gasteiger partial charge < -0.3 is 9.84 Å². The number of aliphatic carboxylic acids is 1. The third-order valence-electron chi connectivity index (χ3n) is 3.34. The molecule has 2 aromatic carbocycles. The van der Waals surface area contributed by atoms with Crippen LogP contribution in [0.5, 0.6) is 5.75 Å². The van der Waals surface area contributed by atoms with Gasteiger partial charge in [-0.1, -0.05) is 18.2 Å². The summed E-state index contributed by atoms with van der Waals surface area (Å²) in [6.45, 7) is 0.159. The fourth-order valence-corrected chi connectivity index (χ4v) is 2.97. The van der Waals surface area contributed by atoms with E-state index in [1.54, 1.807) is 35.7 Å². The number of hydrogen-bond donors (Lipinski definition) is 1. The molecule has 1 N–H and O–H groups in total. The second-order valence-corrected chi connectivity index (χ2v) is 5.98. The molecule has 0 atom stereocenters. The standard InChI is InChI=1S/C18H14FNO3S/c19-16-4-2-1-3-13(16)10-23-15-7-5-12(6-8-15)18-20-14(11-24-18)9-17(21)22/h1-8,11H,9-10H2,(H,21,22). The van der Waals surface area contributed by atoms with E-state index in [4.69, 9.17) is 9.84 Å². The van der Waals surface area contributed by atoms with Crippen LogP contribution in [-0.4, -0.2) is 16.1 Å². The van der Waals surface area contributed by atoms with E-state index in [0.29, 0.717) is 17.0 Å². The van der Waals surface area contributed by atoms with Crippen molar-refractivity contribution in [2.45, 2.75) is 13.0 Å². The molecule has 122 valence electrons. The van der Waals surface area contributed by atoms with Crippen molar-refractivity contribution in [3.8, 4) is 16.3 Å². The highest BCUT2D eigenvalue weighted by Gasteiger charge is 2.08. The molecule has 1 aromatic heterocycles. The Morgan fingerprint density at radius 2 is 1.92 bits per heavy atom. The van der Waals surface area contributed by atoms with E-state index < -0.39 is 5.97 Å². The number of ether oxygens (including phenoxy) is 1. The number of carboxylic acid groups (broad SMARTS) is 1. The first-order valence-electron chi connectivity index (χ1n) is 7.24. The van der Waals surface area contributed by atoms with Gasteiger partial charge in [0.05, 0.1) is 12.1 Å². The quantitative estimate of drug-likeness (QED) is 0.730. The Kier molecular flexibility index (Phi) is 4.86. The van der Waals surface area contributed by atoms with Crippen LogP contribution in [0.25, 0.3) is 10.6 Å². The van der Waals surface area contributed by atoms with Gasteiger partial charge in [-0.15, -0.1) is 11.3 Å². The average molecular weight is 343 g/mol. The van der Waals surface area contributed by atoms with Crippen molar-refractivity contribution in [3.05, 3.63) is 71.0 Å². The monoisotopic (exact) mass is 343 g/mol. The number of halogens is 1. The van der Waals surface area contributed by atoms with E-state index in [9.17, 15) is 9.18 Å². The van der Waals surface area contributed by atoms with Crippen molar-refractivity contribution in [2.24, 2.45) is 0 Å². The molecule has 24 heavy (non-hydrogen) atoms. The molecular weight excluding hydrogens is 329 g/mol. The SMILES string of the molecule is O=C(O)Cc1csc(-c2ccc(OCc3ccccc3F)cc2)n1. The van der Waals surface area contributed by atoms with Crippen LogP contribution in [-0.2, 0) is 17.8 Å². The number of carboxylic acids is 1. The number of rotatable bonds is 6. The summed E-state index contributed by atoms with van der Waals surface area (Å²) in [5.74, 6) is -0.559. The van der Waals surface area contributed by atoms with Gasteiger partial charge in [0, 0.05) is 16.5 Å². The van der Waals surface area contributed by atoms with Gasteiger partial charge in [-0.2, -0.15) is 0 Å². The summed E-state index contributed by atoms with van der Waals surface area (Å²) < 4.78 is 19.1. The molecule has 3 aromatic rings. The van der Waals surface area contributed by atoms with Crippen LogP contribution in [0.3, 0.4) is 0 Å². The number of benzene rings is 2. The van der Waals surface area contributed by atoms with Crippen molar-refractivity contribution in [2.75, 3.05) is 0 Å². The van der Waals surface area contributed by atoms with E-state index in [1.165, 1.54) is 17.4 Å². The van der Waals surface area contributed by atoms with Gasteiger partial charge in [-0.25, -0.2) is 9.37 Å². The van der Waals surface area contributed by atoms with Crippen molar-refractivity contribution < 1.29 is 19.0 Å². The molecule has 0 bridgehead atoms. The lowest BCUT2D eigenvalue weighted by Gasteiger charge is -2.07. The Hall–Kier alpha value is -2.73. The normalized spacial score (nSPS) is 10.5. The maximum atomic E-state index is 13.5. The largest absolute Gasteiger partial charge is 0.489 e. The van der Waals surface area contributed by atoms with E-state index in [1.807, 2.05) is 12.1 Å². The topological polar surface area (TPSA) is 59.4 Å². The van der Waals surface area contributed by atoms with Gasteiger partial charge in [0.15, 0.2) is 0 Å². The van der Waals surface area contributed by atoms with Gasteiger partial charge in [0.25, 0.3) is 0 Å². The minimum absolute atomic E-state index is 0.0830. The first-order valence-corrected chi connectivity index (χ1v) is 8.12. The van der Waals surface area contributed by atoms with Crippen LogP contribution in [0.2, 0.25) is 0 Å². The Balaban J connectivity index is 1.66. The summed E-state index contributed by atoms with van der Waals surface area (Å²) in [5, 5.41) is 11.3. The molecule has 3 rings (SSSR count). The van der Waals surface area contributed by atoms with Crippen LogP contribution in [0.4, 0.5) is 4.39 Å². The molecule has 0 saturated carbocycles. The number of nitrogens with zero attached hydrogens (tertiary/aromatic N) is 1.